The summed E-state index contributed by atoms with van der Waals surface area (Å²) in [6.45, 7) is 0. The largest absolute Gasteiger partial charge is 0.481 e. The van der Waals surface area contributed by atoms with Crippen LogP contribution in [-0.2, 0) is 11.2 Å². The van der Waals surface area contributed by atoms with Crippen LogP contribution < -0.4 is 0 Å². The maximum absolute atomic E-state index is 10.5. The highest BCUT2D eigenvalue weighted by Gasteiger charge is 2.12. The van der Waals surface area contributed by atoms with Crippen molar-refractivity contribution in [1.82, 2.24) is 4.98 Å². The van der Waals surface area contributed by atoms with Crippen molar-refractivity contribution in [2.45, 2.75) is 6.42 Å². The van der Waals surface area contributed by atoms with Crippen molar-refractivity contribution in [3.8, 4) is 6.07 Å². The first-order valence-electron chi connectivity index (χ1n) is 3.51. The number of hydrogen-bond acceptors (Lipinski definition) is 3. The molecule has 1 aromatic heterocycles. The number of nitrogens with zero attached hydrogens (tertiary/aromatic N) is 2. The Bertz CT molecular complexity index is 403. The van der Waals surface area contributed by atoms with Crippen LogP contribution in [-0.4, -0.2) is 16.1 Å². The minimum atomic E-state index is -0.946. The van der Waals surface area contributed by atoms with E-state index < -0.39 is 5.97 Å². The quantitative estimate of drug-likeness (QED) is 0.847. The monoisotopic (exact) mass is 318 g/mol. The lowest BCUT2D eigenvalue weighted by Gasteiger charge is -2.03. The highest BCUT2D eigenvalue weighted by Crippen LogP contribution is 2.25. The number of hydrogen-bond donors (Lipinski definition) is 1. The molecule has 1 rings (SSSR count). The Labute approximate surface area is 96.8 Å². The van der Waals surface area contributed by atoms with Gasteiger partial charge in [0.2, 0.25) is 0 Å². The Morgan fingerprint density at radius 1 is 1.64 bits per heavy atom. The first kappa shape index (κ1) is 11.1. The molecule has 0 unspecified atom stereocenters. The Kier molecular flexibility index (Phi) is 3.61. The summed E-state index contributed by atoms with van der Waals surface area (Å²) in [6.07, 6.45) is -0.139. The van der Waals surface area contributed by atoms with Gasteiger partial charge in [0.25, 0.3) is 0 Å². The number of pyridine rings is 1. The molecule has 0 aliphatic heterocycles. The zero-order valence-electron chi connectivity index (χ0n) is 6.79. The molecule has 0 aromatic carbocycles. The van der Waals surface area contributed by atoms with Gasteiger partial charge < -0.3 is 5.11 Å². The van der Waals surface area contributed by atoms with Crippen LogP contribution in [0.15, 0.2) is 15.1 Å². The molecule has 0 atom stereocenters. The molecular weight excluding hydrogens is 316 g/mol. The number of halogens is 2. The van der Waals surface area contributed by atoms with E-state index in [1.807, 2.05) is 6.07 Å². The number of carbonyl (C=O) groups is 1. The van der Waals surface area contributed by atoms with Crippen molar-refractivity contribution in [3.63, 3.8) is 0 Å². The van der Waals surface area contributed by atoms with Crippen molar-refractivity contribution in [3.05, 3.63) is 26.4 Å². The summed E-state index contributed by atoms with van der Waals surface area (Å²) in [5.74, 6) is -0.946. The van der Waals surface area contributed by atoms with Crippen LogP contribution in [0.4, 0.5) is 0 Å². The van der Waals surface area contributed by atoms with Crippen LogP contribution >= 0.6 is 31.9 Å². The number of nitriles is 1. The van der Waals surface area contributed by atoms with Crippen LogP contribution in [0.3, 0.4) is 0 Å². The molecule has 0 saturated heterocycles. The molecule has 72 valence electrons. The topological polar surface area (TPSA) is 74.0 Å². The van der Waals surface area contributed by atoms with E-state index in [0.29, 0.717) is 14.6 Å². The van der Waals surface area contributed by atoms with E-state index in [-0.39, 0.29) is 12.1 Å². The fourth-order valence-corrected chi connectivity index (χ4v) is 2.23. The highest BCUT2D eigenvalue weighted by atomic mass is 79.9. The Morgan fingerprint density at radius 2 is 2.29 bits per heavy atom. The number of aromatic nitrogens is 1. The summed E-state index contributed by atoms with van der Waals surface area (Å²) in [6, 6.07) is 3.36. The van der Waals surface area contributed by atoms with Crippen LogP contribution in [0.5, 0.6) is 0 Å². The van der Waals surface area contributed by atoms with Gasteiger partial charge >= 0.3 is 5.97 Å². The van der Waals surface area contributed by atoms with Gasteiger partial charge in [-0.2, -0.15) is 5.26 Å². The second kappa shape index (κ2) is 4.53. The third kappa shape index (κ3) is 2.53. The van der Waals surface area contributed by atoms with Gasteiger partial charge in [-0.05, 0) is 22.0 Å². The van der Waals surface area contributed by atoms with E-state index >= 15 is 0 Å². The molecule has 0 aliphatic rings. The third-order valence-corrected chi connectivity index (χ3v) is 2.83. The molecule has 0 radical (unpaired) electrons. The number of carboxylic acids is 1. The first-order chi connectivity index (χ1) is 6.54. The van der Waals surface area contributed by atoms with Crippen LogP contribution in [0.1, 0.15) is 11.3 Å². The van der Waals surface area contributed by atoms with Crippen molar-refractivity contribution in [1.29, 1.82) is 5.26 Å². The fraction of sp³-hybridized carbons (Fsp3) is 0.125. The molecule has 0 amide bonds. The Balaban J connectivity index is 3.19. The van der Waals surface area contributed by atoms with E-state index in [1.165, 1.54) is 6.07 Å². The summed E-state index contributed by atoms with van der Waals surface area (Å²) in [7, 11) is 0. The van der Waals surface area contributed by atoms with E-state index in [0.717, 1.165) is 0 Å². The van der Waals surface area contributed by atoms with Gasteiger partial charge in [0, 0.05) is 10.0 Å². The lowest BCUT2D eigenvalue weighted by molar-refractivity contribution is -0.136. The van der Waals surface area contributed by atoms with Crippen molar-refractivity contribution in [2.75, 3.05) is 0 Å². The molecule has 0 saturated carbocycles. The molecule has 0 aliphatic carbocycles. The average Bonchev–Trinajstić information content (AvgIpc) is 2.10. The van der Waals surface area contributed by atoms with Gasteiger partial charge in [0.05, 0.1) is 6.42 Å². The van der Waals surface area contributed by atoms with E-state index in [2.05, 4.69) is 36.8 Å². The minimum absolute atomic E-state index is 0.139. The number of aliphatic carboxylic acids is 1. The lowest BCUT2D eigenvalue weighted by atomic mass is 10.2. The van der Waals surface area contributed by atoms with E-state index in [1.54, 1.807) is 0 Å². The minimum Gasteiger partial charge on any atom is -0.481 e. The molecule has 1 heterocycles. The van der Waals surface area contributed by atoms with Gasteiger partial charge in [-0.3, -0.25) is 4.79 Å². The Morgan fingerprint density at radius 3 is 2.71 bits per heavy atom. The van der Waals surface area contributed by atoms with Gasteiger partial charge in [-0.1, -0.05) is 15.9 Å². The fourth-order valence-electron chi connectivity index (χ4n) is 0.877. The molecule has 0 bridgehead atoms. The second-order valence-corrected chi connectivity index (χ2v) is 4.05. The Hall–Kier alpha value is -0.930. The van der Waals surface area contributed by atoms with Gasteiger partial charge in [-0.15, -0.1) is 0 Å². The van der Waals surface area contributed by atoms with E-state index in [9.17, 15) is 4.79 Å². The van der Waals surface area contributed by atoms with E-state index in [4.69, 9.17) is 10.4 Å². The molecule has 6 heteroatoms. The second-order valence-electron chi connectivity index (χ2n) is 2.44. The van der Waals surface area contributed by atoms with Crippen molar-refractivity contribution < 1.29 is 9.90 Å². The normalized spacial score (nSPS) is 9.50. The van der Waals surface area contributed by atoms with Crippen molar-refractivity contribution >= 4 is 37.8 Å². The van der Waals surface area contributed by atoms with Crippen LogP contribution in [0.25, 0.3) is 0 Å². The molecule has 0 spiro atoms. The molecule has 1 aromatic rings. The predicted octanol–water partition coefficient (Wildman–Crippen LogP) is 2.11. The number of rotatable bonds is 2. The summed E-state index contributed by atoms with van der Waals surface area (Å²) in [5.41, 5.74) is 0.759. The summed E-state index contributed by atoms with van der Waals surface area (Å²) >= 11 is 6.29. The zero-order chi connectivity index (χ0) is 10.7. The summed E-state index contributed by atoms with van der Waals surface area (Å²) < 4.78 is 0.948. The summed E-state index contributed by atoms with van der Waals surface area (Å²) in [4.78, 5) is 14.4. The zero-order valence-corrected chi connectivity index (χ0v) is 9.96. The van der Waals surface area contributed by atoms with Crippen molar-refractivity contribution in [2.24, 2.45) is 0 Å². The first-order valence-corrected chi connectivity index (χ1v) is 5.10. The molecule has 1 N–H and O–H groups in total. The van der Waals surface area contributed by atoms with Gasteiger partial charge in [0.15, 0.2) is 0 Å². The maximum atomic E-state index is 10.5. The highest BCUT2D eigenvalue weighted by molar-refractivity contribution is 9.11. The molecule has 14 heavy (non-hydrogen) atoms. The molecular formula is C8H4Br2N2O2. The standard InChI is InChI=1S/C8H4Br2N2O2/c9-6-1-4(3-11)12-8(10)5(6)2-7(13)14/h1H,2H2,(H,13,14). The molecule has 0 fully saturated rings. The van der Waals surface area contributed by atoms with Crippen LogP contribution in [0, 0.1) is 11.3 Å². The average molecular weight is 320 g/mol. The maximum Gasteiger partial charge on any atom is 0.307 e. The van der Waals surface area contributed by atoms with Crippen LogP contribution in [0.2, 0.25) is 0 Å². The van der Waals surface area contributed by atoms with Gasteiger partial charge in [-0.25, -0.2) is 4.98 Å². The smallest absolute Gasteiger partial charge is 0.307 e. The number of carboxylic acid groups (broad SMARTS) is 1. The predicted molar refractivity (Wildman–Crippen MR) is 55.7 cm³/mol. The molecule has 4 nitrogen and oxygen atoms in total. The summed E-state index contributed by atoms with van der Waals surface area (Å²) in [5, 5.41) is 17.2. The van der Waals surface area contributed by atoms with Gasteiger partial charge in [0.1, 0.15) is 16.4 Å². The lowest BCUT2D eigenvalue weighted by Crippen LogP contribution is -2.03. The third-order valence-electron chi connectivity index (χ3n) is 1.46. The SMILES string of the molecule is N#Cc1cc(Br)c(CC(=O)O)c(Br)n1.